The van der Waals surface area contributed by atoms with Crippen molar-refractivity contribution in [2.24, 2.45) is 0 Å². The summed E-state index contributed by atoms with van der Waals surface area (Å²) in [5, 5.41) is 0. The Hall–Kier alpha value is 0.480. The zero-order chi connectivity index (χ0) is 19.4. The second-order valence-corrected chi connectivity index (χ2v) is 11.5. The molecule has 0 rings (SSSR count). The second-order valence-electron chi connectivity index (χ2n) is 5.01. The first kappa shape index (κ1) is 27.7. The van der Waals surface area contributed by atoms with Gasteiger partial charge in [0.15, 0.2) is 0 Å². The van der Waals surface area contributed by atoms with Gasteiger partial charge in [0.2, 0.25) is 0 Å². The minimum atomic E-state index is -4.69. The lowest BCUT2D eigenvalue weighted by Crippen LogP contribution is -2.37. The summed E-state index contributed by atoms with van der Waals surface area (Å²) in [5.74, 6) is 0. The average Bonchev–Trinajstić information content (AvgIpc) is 2.16. The summed E-state index contributed by atoms with van der Waals surface area (Å²) in [7, 11) is -18.8. The molecule has 0 amide bonds. The summed E-state index contributed by atoms with van der Waals surface area (Å²) < 4.78 is 43.9. The van der Waals surface area contributed by atoms with E-state index >= 15 is 0 Å². The number of rotatable bonds is 11. The molecule has 19 heteroatoms. The first-order chi connectivity index (χ1) is 10.4. The molecule has 0 heterocycles. The summed E-state index contributed by atoms with van der Waals surface area (Å²) in [6.07, 6.45) is -4.18. The van der Waals surface area contributed by atoms with Gasteiger partial charge < -0.3 is 45.3 Å². The second kappa shape index (κ2) is 10.1. The highest BCUT2D eigenvalue weighted by Gasteiger charge is 2.29. The Balaban J connectivity index is 0. The van der Waals surface area contributed by atoms with Crippen LogP contribution < -0.4 is 6.15 Å². The van der Waals surface area contributed by atoms with E-state index in [2.05, 4.69) is 0 Å². The van der Waals surface area contributed by atoms with Gasteiger partial charge in [0.1, 0.15) is 25.1 Å². The first-order valence-electron chi connectivity index (χ1n) is 5.99. The quantitative estimate of drug-likeness (QED) is 0.158. The van der Waals surface area contributed by atoms with E-state index in [-0.39, 0.29) is 6.15 Å². The van der Waals surface area contributed by atoms with Crippen molar-refractivity contribution in [3.8, 4) is 0 Å². The van der Waals surface area contributed by atoms with Crippen LogP contribution in [-0.2, 0) is 18.3 Å². The Bertz CT molecular complexity index is 490. The van der Waals surface area contributed by atoms with Gasteiger partial charge in [0.25, 0.3) is 0 Å². The summed E-state index contributed by atoms with van der Waals surface area (Å²) >= 11 is 0. The third-order valence-electron chi connectivity index (χ3n) is 2.27. The largest absolute Gasteiger partial charge is 0.344 e. The Kier molecular flexibility index (Phi) is 11.2. The van der Waals surface area contributed by atoms with Gasteiger partial charge in [-0.3, -0.25) is 28.1 Å². The van der Waals surface area contributed by atoms with Gasteiger partial charge >= 0.3 is 30.4 Å². The van der Waals surface area contributed by atoms with E-state index in [4.69, 9.17) is 39.1 Å². The minimum absolute atomic E-state index is 0. The maximum absolute atomic E-state index is 11.0. The Labute approximate surface area is 142 Å². The van der Waals surface area contributed by atoms with Crippen LogP contribution in [0.5, 0.6) is 0 Å². The highest BCUT2D eigenvalue weighted by atomic mass is 31.2. The molecule has 0 aliphatic heterocycles. The summed E-state index contributed by atoms with van der Waals surface area (Å²) in [6.45, 7) is -1.01. The predicted octanol–water partition coefficient (Wildman–Crippen LogP) is -1.71. The fourth-order valence-corrected chi connectivity index (χ4v) is 5.06. The van der Waals surface area contributed by atoms with Crippen molar-refractivity contribution < 1.29 is 57.4 Å². The Morgan fingerprint density at radius 1 is 0.480 bits per heavy atom. The van der Waals surface area contributed by atoms with Gasteiger partial charge in [-0.25, -0.2) is 0 Å². The topological polar surface area (TPSA) is 272 Å². The maximum atomic E-state index is 11.0. The molecule has 0 bridgehead atoms. The molecule has 154 valence electrons. The molecule has 0 aliphatic rings. The molecule has 25 heavy (non-hydrogen) atoms. The fraction of sp³-hybridized carbons (Fsp3) is 1.00. The normalized spacial score (nSPS) is 14.0. The standard InChI is InChI=1S/C6H20N2O12P4.H3N/c9-21(10,11)3-7(4-22(12,13)14)1-2-8(5-23(15,16)17)6-24(18,19)20;/h1-6H2,(H2,9,10,11)(H2,12,13,14)(H2,15,16,17)(H2,18,19,20);1H3. The molecule has 0 saturated heterocycles. The van der Waals surface area contributed by atoms with Crippen LogP contribution in [0.25, 0.3) is 0 Å². The van der Waals surface area contributed by atoms with E-state index in [0.717, 1.165) is 0 Å². The maximum Gasteiger partial charge on any atom is 0.339 e. The van der Waals surface area contributed by atoms with Gasteiger partial charge in [-0.2, -0.15) is 0 Å². The lowest BCUT2D eigenvalue weighted by Gasteiger charge is -2.28. The summed E-state index contributed by atoms with van der Waals surface area (Å²) in [4.78, 5) is 72.3. The van der Waals surface area contributed by atoms with Crippen molar-refractivity contribution in [3.05, 3.63) is 0 Å². The third kappa shape index (κ3) is 19.1. The van der Waals surface area contributed by atoms with Crippen molar-refractivity contribution >= 4 is 30.4 Å². The third-order valence-corrected chi connectivity index (χ3v) is 5.34. The van der Waals surface area contributed by atoms with E-state index < -0.39 is 68.6 Å². The van der Waals surface area contributed by atoms with E-state index in [1.54, 1.807) is 0 Å². The van der Waals surface area contributed by atoms with E-state index in [1.807, 2.05) is 0 Å². The van der Waals surface area contributed by atoms with Crippen LogP contribution in [0.1, 0.15) is 0 Å². The molecule has 15 nitrogen and oxygen atoms in total. The van der Waals surface area contributed by atoms with Gasteiger partial charge in [0, 0.05) is 13.1 Å². The molecule has 0 aromatic heterocycles. The monoisotopic (exact) mass is 453 g/mol. The smallest absolute Gasteiger partial charge is 0.339 e. The van der Waals surface area contributed by atoms with Crippen LogP contribution in [0.4, 0.5) is 0 Å². The predicted molar refractivity (Wildman–Crippen MR) is 86.1 cm³/mol. The molecule has 0 fully saturated rings. The van der Waals surface area contributed by atoms with Gasteiger partial charge in [-0.1, -0.05) is 0 Å². The Morgan fingerprint density at radius 2 is 0.640 bits per heavy atom. The highest BCUT2D eigenvalue weighted by molar-refractivity contribution is 7.53. The first-order valence-corrected chi connectivity index (χ1v) is 13.2. The molecule has 0 unspecified atom stereocenters. The average molecular weight is 453 g/mol. The van der Waals surface area contributed by atoms with Crippen molar-refractivity contribution in [2.75, 3.05) is 38.2 Å². The van der Waals surface area contributed by atoms with Crippen LogP contribution in [0.2, 0.25) is 0 Å². The summed E-state index contributed by atoms with van der Waals surface area (Å²) in [5.41, 5.74) is 0. The molecular weight excluding hydrogens is 430 g/mol. The fourth-order valence-electron chi connectivity index (χ4n) is 1.70. The lowest BCUT2D eigenvalue weighted by atomic mass is 10.5. The van der Waals surface area contributed by atoms with E-state index in [1.165, 1.54) is 0 Å². The molecule has 0 radical (unpaired) electrons. The summed E-state index contributed by atoms with van der Waals surface area (Å²) in [6, 6.07) is 0. The molecule has 0 aromatic carbocycles. The van der Waals surface area contributed by atoms with Gasteiger partial charge in [-0.05, 0) is 0 Å². The SMILES string of the molecule is N.O=P(O)(O)CN(CCN(CP(=O)(O)O)CP(=O)(O)O)CP(=O)(O)O. The van der Waals surface area contributed by atoms with Crippen molar-refractivity contribution in [1.82, 2.24) is 16.0 Å². The number of hydrogen-bond donors (Lipinski definition) is 9. The number of hydrogen-bond acceptors (Lipinski definition) is 7. The van der Waals surface area contributed by atoms with Gasteiger partial charge in [-0.15, -0.1) is 0 Å². The molecular formula is C6H23N3O12P4. The van der Waals surface area contributed by atoms with Crippen LogP contribution in [-0.4, -0.2) is 87.2 Å². The lowest BCUT2D eigenvalue weighted by molar-refractivity contribution is 0.226. The molecule has 0 aromatic rings. The zero-order valence-corrected chi connectivity index (χ0v) is 16.4. The number of nitrogens with zero attached hydrogens (tertiary/aromatic N) is 2. The van der Waals surface area contributed by atoms with Crippen molar-refractivity contribution in [1.29, 1.82) is 0 Å². The minimum Gasteiger partial charge on any atom is -0.344 e. The van der Waals surface area contributed by atoms with Crippen LogP contribution in [0, 0.1) is 0 Å². The van der Waals surface area contributed by atoms with Crippen molar-refractivity contribution in [2.45, 2.75) is 0 Å². The molecule has 0 saturated carbocycles. The van der Waals surface area contributed by atoms with Crippen LogP contribution in [0.3, 0.4) is 0 Å². The van der Waals surface area contributed by atoms with Crippen LogP contribution >= 0.6 is 30.4 Å². The van der Waals surface area contributed by atoms with E-state index in [0.29, 0.717) is 9.80 Å². The van der Waals surface area contributed by atoms with Crippen LogP contribution in [0.15, 0.2) is 0 Å². The Morgan fingerprint density at radius 3 is 0.760 bits per heavy atom. The van der Waals surface area contributed by atoms with E-state index in [9.17, 15) is 18.3 Å². The molecule has 0 spiro atoms. The molecule has 0 aliphatic carbocycles. The highest BCUT2D eigenvalue weighted by Crippen LogP contribution is 2.42. The van der Waals surface area contributed by atoms with Crippen molar-refractivity contribution in [3.63, 3.8) is 0 Å². The molecule has 11 N–H and O–H groups in total. The zero-order valence-electron chi connectivity index (χ0n) is 12.8. The van der Waals surface area contributed by atoms with Gasteiger partial charge in [0.05, 0.1) is 0 Å². The molecule has 0 atom stereocenters.